The Morgan fingerprint density at radius 1 is 0.217 bits per heavy atom. The predicted molar refractivity (Wildman–Crippen MR) is 354 cm³/mol. The van der Waals surface area contributed by atoms with Gasteiger partial charge >= 0.3 is 0 Å². The van der Waals surface area contributed by atoms with Crippen molar-refractivity contribution in [1.29, 1.82) is 0 Å². The first-order valence-corrected chi connectivity index (χ1v) is 29.5. The van der Waals surface area contributed by atoms with Gasteiger partial charge in [0.25, 0.3) is 0 Å². The molecule has 83 heavy (non-hydrogen) atoms. The van der Waals surface area contributed by atoms with Crippen LogP contribution >= 0.6 is 0 Å². The second-order valence-electron chi connectivity index (χ2n) is 22.6. The zero-order chi connectivity index (χ0) is 55.1. The van der Waals surface area contributed by atoms with Crippen molar-refractivity contribution in [2.45, 2.75) is 39.5 Å². The maximum absolute atomic E-state index is 2.48. The summed E-state index contributed by atoms with van der Waals surface area (Å²) >= 11 is 0. The van der Waals surface area contributed by atoms with Gasteiger partial charge in [-0.1, -0.05) is 203 Å². The van der Waals surface area contributed by atoms with Crippen LogP contribution in [0.4, 0.5) is 0 Å². The van der Waals surface area contributed by atoms with Crippen molar-refractivity contribution in [3.05, 3.63) is 284 Å². The fraction of sp³-hybridized carbons (Fsp3) is 0.0750. The highest BCUT2D eigenvalue weighted by Crippen LogP contribution is 2.46. The average molecular weight is 1060 g/mol. The van der Waals surface area contributed by atoms with Crippen LogP contribution in [0.3, 0.4) is 0 Å². The van der Waals surface area contributed by atoms with Crippen molar-refractivity contribution in [3.63, 3.8) is 0 Å². The Kier molecular flexibility index (Phi) is 11.6. The Morgan fingerprint density at radius 3 is 0.928 bits per heavy atom. The molecular weight excluding hydrogens is 1000 g/mol. The van der Waals surface area contributed by atoms with E-state index < -0.39 is 0 Å². The standard InChI is InChI=1S/C80H59N3/c1-3-18-52-20-16-24-61(46-52)82-73-32-14-12-26-63(73)69-48-56(36-42-75(69)82)58-38-44-77-71(50-58)72-51-59(57-37-43-76-70(49-57)64-27-13-15-33-74(64)83(76)62-25-17-21-53(47-62)19-4-2)39-45-78(72)81(77)60-40-34-55(35-41-60)80-67-30-10-8-28-65(67)79(54-22-6-5-7-23-54)66-29-9-11-31-68(66)80/h5-17,20-51H,3-4,18-19H2,1-2H3. The maximum Gasteiger partial charge on any atom is 0.0541 e. The fourth-order valence-electron chi connectivity index (χ4n) is 13.9. The summed E-state index contributed by atoms with van der Waals surface area (Å²) in [6, 6.07) is 102. The molecule has 0 atom stereocenters. The summed E-state index contributed by atoms with van der Waals surface area (Å²) in [5.74, 6) is 0. The smallest absolute Gasteiger partial charge is 0.0541 e. The minimum atomic E-state index is 1.06. The van der Waals surface area contributed by atoms with E-state index in [9.17, 15) is 0 Å². The zero-order valence-corrected chi connectivity index (χ0v) is 46.7. The van der Waals surface area contributed by atoms with E-state index >= 15 is 0 Å². The molecule has 0 aliphatic carbocycles. The van der Waals surface area contributed by atoms with Gasteiger partial charge in [0.15, 0.2) is 0 Å². The van der Waals surface area contributed by atoms with E-state index in [1.165, 1.54) is 154 Å². The largest absolute Gasteiger partial charge is 0.309 e. The summed E-state index contributed by atoms with van der Waals surface area (Å²) in [6.45, 7) is 4.51. The molecule has 3 aromatic heterocycles. The predicted octanol–water partition coefficient (Wildman–Crippen LogP) is 21.9. The summed E-state index contributed by atoms with van der Waals surface area (Å²) in [7, 11) is 0. The van der Waals surface area contributed by atoms with Gasteiger partial charge in [0.2, 0.25) is 0 Å². The molecule has 0 radical (unpaired) electrons. The molecular formula is C80H59N3. The average Bonchev–Trinajstić information content (AvgIpc) is 4.31. The third kappa shape index (κ3) is 7.94. The van der Waals surface area contributed by atoms with E-state index in [0.29, 0.717) is 0 Å². The Hall–Kier alpha value is -10.2. The van der Waals surface area contributed by atoms with Crippen LogP contribution < -0.4 is 0 Å². The number of aryl methyl sites for hydroxylation is 2. The number of nitrogens with zero attached hydrogens (tertiary/aromatic N) is 3. The quantitative estimate of drug-likeness (QED) is 0.115. The van der Waals surface area contributed by atoms with Gasteiger partial charge in [-0.15, -0.1) is 0 Å². The first-order valence-electron chi connectivity index (χ1n) is 29.5. The van der Waals surface area contributed by atoms with Gasteiger partial charge in [-0.2, -0.15) is 0 Å². The van der Waals surface area contributed by atoms with Gasteiger partial charge in [0, 0.05) is 49.4 Å². The van der Waals surface area contributed by atoms with Crippen molar-refractivity contribution < 1.29 is 0 Å². The Labute approximate surface area is 483 Å². The molecule has 0 amide bonds. The molecule has 0 bridgehead atoms. The first-order chi connectivity index (χ1) is 41.1. The molecule has 3 nitrogen and oxygen atoms in total. The summed E-state index contributed by atoms with van der Waals surface area (Å²) < 4.78 is 7.37. The third-order valence-corrected chi connectivity index (χ3v) is 17.6. The number of hydrogen-bond acceptors (Lipinski definition) is 0. The molecule has 3 heterocycles. The van der Waals surface area contributed by atoms with E-state index in [-0.39, 0.29) is 0 Å². The molecule has 0 unspecified atom stereocenters. The number of para-hydroxylation sites is 2. The van der Waals surface area contributed by atoms with E-state index in [2.05, 4.69) is 301 Å². The molecule has 16 aromatic rings. The minimum absolute atomic E-state index is 1.06. The molecule has 0 N–H and O–H groups in total. The molecule has 0 spiro atoms. The normalized spacial score (nSPS) is 11.9. The SMILES string of the molecule is CCCc1cccc(-n2c3ccccc3c3cc(-c4ccc5c(c4)c4cc(-c6ccc7c(c6)c6ccccc6n7-c6cccc(CCC)c6)ccc4n5-c4ccc(-c5c6ccccc6c(-c6ccccc6)c6ccccc56)cc4)ccc32)c1. The molecule has 0 fully saturated rings. The fourth-order valence-corrected chi connectivity index (χ4v) is 13.9. The van der Waals surface area contributed by atoms with Crippen molar-refractivity contribution in [1.82, 2.24) is 13.7 Å². The Balaban J connectivity index is 0.870. The minimum Gasteiger partial charge on any atom is -0.309 e. The van der Waals surface area contributed by atoms with Gasteiger partial charge in [-0.3, -0.25) is 0 Å². The van der Waals surface area contributed by atoms with Crippen LogP contribution in [0.15, 0.2) is 273 Å². The van der Waals surface area contributed by atoms with Gasteiger partial charge in [0.1, 0.15) is 0 Å². The highest BCUT2D eigenvalue weighted by atomic mass is 15.0. The van der Waals surface area contributed by atoms with Gasteiger partial charge in [0.05, 0.1) is 33.1 Å². The summed E-state index contributed by atoms with van der Waals surface area (Å²) in [5, 5.41) is 12.5. The zero-order valence-electron chi connectivity index (χ0n) is 46.7. The molecule has 394 valence electrons. The molecule has 0 saturated carbocycles. The first kappa shape index (κ1) is 48.7. The number of fused-ring (bicyclic) bond motifs is 11. The number of aromatic nitrogens is 3. The lowest BCUT2D eigenvalue weighted by atomic mass is 9.86. The van der Waals surface area contributed by atoms with Crippen LogP contribution in [0, 0.1) is 0 Å². The van der Waals surface area contributed by atoms with Crippen LogP contribution in [-0.2, 0) is 12.8 Å². The summed E-state index contributed by atoms with van der Waals surface area (Å²) in [4.78, 5) is 0. The molecule has 13 aromatic carbocycles. The van der Waals surface area contributed by atoms with Crippen molar-refractivity contribution in [2.24, 2.45) is 0 Å². The van der Waals surface area contributed by atoms with E-state index in [1.807, 2.05) is 0 Å². The second kappa shape index (κ2) is 19.8. The highest BCUT2D eigenvalue weighted by molar-refractivity contribution is 6.22. The molecule has 0 aliphatic heterocycles. The van der Waals surface area contributed by atoms with Crippen LogP contribution in [0.2, 0.25) is 0 Å². The van der Waals surface area contributed by atoms with Crippen LogP contribution in [-0.4, -0.2) is 13.7 Å². The molecule has 3 heteroatoms. The van der Waals surface area contributed by atoms with Crippen molar-refractivity contribution in [3.8, 4) is 61.6 Å². The van der Waals surface area contributed by atoms with Crippen LogP contribution in [0.25, 0.3) is 149 Å². The topological polar surface area (TPSA) is 14.8 Å². The molecule has 0 saturated heterocycles. The van der Waals surface area contributed by atoms with Crippen molar-refractivity contribution >= 4 is 87.0 Å². The van der Waals surface area contributed by atoms with E-state index in [4.69, 9.17) is 0 Å². The number of benzene rings is 13. The Bertz CT molecular complexity index is 4940. The molecule has 16 rings (SSSR count). The van der Waals surface area contributed by atoms with Gasteiger partial charge in [-0.25, -0.2) is 0 Å². The van der Waals surface area contributed by atoms with Gasteiger partial charge in [-0.05, 0) is 187 Å². The lowest BCUT2D eigenvalue weighted by Gasteiger charge is -2.18. The van der Waals surface area contributed by atoms with E-state index in [0.717, 1.165) is 31.4 Å². The summed E-state index contributed by atoms with van der Waals surface area (Å²) in [6.07, 6.45) is 4.37. The monoisotopic (exact) mass is 1060 g/mol. The van der Waals surface area contributed by atoms with E-state index in [1.54, 1.807) is 0 Å². The maximum atomic E-state index is 2.48. The second-order valence-corrected chi connectivity index (χ2v) is 22.6. The lowest BCUT2D eigenvalue weighted by molar-refractivity contribution is 0.919. The summed E-state index contributed by atoms with van der Waals surface area (Å²) in [5.41, 5.74) is 23.2. The van der Waals surface area contributed by atoms with Crippen LogP contribution in [0.5, 0.6) is 0 Å². The van der Waals surface area contributed by atoms with Gasteiger partial charge < -0.3 is 13.7 Å². The van der Waals surface area contributed by atoms with Crippen molar-refractivity contribution in [2.75, 3.05) is 0 Å². The number of hydrogen-bond donors (Lipinski definition) is 0. The third-order valence-electron chi connectivity index (χ3n) is 17.6. The number of rotatable bonds is 11. The molecule has 0 aliphatic rings. The lowest BCUT2D eigenvalue weighted by Crippen LogP contribution is -1.95. The Morgan fingerprint density at radius 2 is 0.530 bits per heavy atom. The van der Waals surface area contributed by atoms with Crippen LogP contribution in [0.1, 0.15) is 37.8 Å². The highest BCUT2D eigenvalue weighted by Gasteiger charge is 2.21.